The van der Waals surface area contributed by atoms with Crippen molar-refractivity contribution in [2.24, 2.45) is 0 Å². The Hall–Kier alpha value is -2.08. The molecule has 0 spiro atoms. The van der Waals surface area contributed by atoms with Crippen LogP contribution in [0.1, 0.15) is 34.2 Å². The molecule has 2 rings (SSSR count). The van der Waals surface area contributed by atoms with Crippen molar-refractivity contribution in [3.05, 3.63) is 28.7 Å². The van der Waals surface area contributed by atoms with Gasteiger partial charge in [-0.05, 0) is 21.0 Å². The minimum atomic E-state index is -0.419. The van der Waals surface area contributed by atoms with Crippen LogP contribution in [-0.4, -0.2) is 41.7 Å². The van der Waals surface area contributed by atoms with Crippen LogP contribution in [0.2, 0.25) is 0 Å². The van der Waals surface area contributed by atoms with Crippen molar-refractivity contribution in [1.82, 2.24) is 9.88 Å². The van der Waals surface area contributed by atoms with Crippen LogP contribution in [0, 0.1) is 13.8 Å². The highest BCUT2D eigenvalue weighted by Crippen LogP contribution is 2.26. The van der Waals surface area contributed by atoms with Crippen molar-refractivity contribution in [1.29, 1.82) is 0 Å². The number of pyridine rings is 1. The van der Waals surface area contributed by atoms with Gasteiger partial charge < -0.3 is 14.7 Å². The quantitative estimate of drug-likeness (QED) is 0.658. The number of nitrogens with zero attached hydrogens (tertiary/aromatic N) is 2. The van der Waals surface area contributed by atoms with E-state index in [4.69, 9.17) is 4.74 Å². The lowest BCUT2D eigenvalue weighted by molar-refractivity contribution is -0.518. The maximum atomic E-state index is 12.2. The molecule has 2 N–H and O–H groups in total. The van der Waals surface area contributed by atoms with E-state index in [1.807, 2.05) is 32.8 Å². The monoisotopic (exact) mass is 292 g/mol. The van der Waals surface area contributed by atoms with Gasteiger partial charge in [-0.25, -0.2) is 9.78 Å². The summed E-state index contributed by atoms with van der Waals surface area (Å²) in [5.74, 6) is -0.331. The van der Waals surface area contributed by atoms with Crippen LogP contribution in [0.15, 0.2) is 6.20 Å². The summed E-state index contributed by atoms with van der Waals surface area (Å²) < 4.78 is 6.90. The number of esters is 1. The Morgan fingerprint density at radius 2 is 2.10 bits per heavy atom. The van der Waals surface area contributed by atoms with Crippen molar-refractivity contribution in [3.8, 4) is 5.75 Å². The number of aromatic nitrogens is 2. The van der Waals surface area contributed by atoms with Gasteiger partial charge in [0.15, 0.2) is 0 Å². The predicted molar refractivity (Wildman–Crippen MR) is 78.4 cm³/mol. The van der Waals surface area contributed by atoms with E-state index in [-0.39, 0.29) is 5.75 Å². The molecule has 2 aromatic heterocycles. The SMILES string of the molecule is CCOC(=O)c1c[n+]2c(C)c(C)[nH]c2c(O)c1CN(C)C. The molecule has 0 atom stereocenters. The minimum absolute atomic E-state index is 0.0884. The molecule has 0 saturated carbocycles. The number of carbonyl (C=O) groups is 1. The van der Waals surface area contributed by atoms with Crippen molar-refractivity contribution in [2.75, 3.05) is 20.7 Å². The first-order valence-corrected chi connectivity index (χ1v) is 6.94. The molecule has 0 fully saturated rings. The number of carbonyl (C=O) groups excluding carboxylic acids is 1. The number of aromatic amines is 1. The summed E-state index contributed by atoms with van der Waals surface area (Å²) in [5, 5.41) is 10.5. The zero-order valence-corrected chi connectivity index (χ0v) is 13.1. The number of rotatable bonds is 4. The summed E-state index contributed by atoms with van der Waals surface area (Å²) in [5.41, 5.74) is 3.45. The fourth-order valence-electron chi connectivity index (χ4n) is 2.35. The Morgan fingerprint density at radius 1 is 1.43 bits per heavy atom. The third kappa shape index (κ3) is 2.71. The van der Waals surface area contributed by atoms with Gasteiger partial charge in [-0.2, -0.15) is 4.40 Å². The number of H-pyrrole nitrogens is 1. The van der Waals surface area contributed by atoms with Crippen LogP contribution in [0.3, 0.4) is 0 Å². The predicted octanol–water partition coefficient (Wildman–Crippen LogP) is 1.31. The number of imidazole rings is 1. The molecule has 0 aliphatic heterocycles. The smallest absolute Gasteiger partial charge is 0.342 e. The van der Waals surface area contributed by atoms with Crippen molar-refractivity contribution >= 4 is 11.6 Å². The van der Waals surface area contributed by atoms with E-state index in [0.29, 0.717) is 29.9 Å². The largest absolute Gasteiger partial charge is 0.501 e. The summed E-state index contributed by atoms with van der Waals surface area (Å²) >= 11 is 0. The van der Waals surface area contributed by atoms with Crippen molar-refractivity contribution in [2.45, 2.75) is 27.3 Å². The molecule has 0 radical (unpaired) electrons. The molecular weight excluding hydrogens is 270 g/mol. The van der Waals surface area contributed by atoms with Crippen LogP contribution in [0.25, 0.3) is 5.65 Å². The van der Waals surface area contributed by atoms with E-state index in [1.165, 1.54) is 0 Å². The fraction of sp³-hybridized carbons (Fsp3) is 0.467. The molecule has 0 unspecified atom stereocenters. The lowest BCUT2D eigenvalue weighted by Gasteiger charge is -2.14. The summed E-state index contributed by atoms with van der Waals surface area (Å²) in [6, 6.07) is 0. The second kappa shape index (κ2) is 5.73. The van der Waals surface area contributed by atoms with E-state index in [9.17, 15) is 9.90 Å². The summed E-state index contributed by atoms with van der Waals surface area (Å²) in [6.07, 6.45) is 1.73. The van der Waals surface area contributed by atoms with Crippen LogP contribution in [-0.2, 0) is 11.3 Å². The normalized spacial score (nSPS) is 11.3. The van der Waals surface area contributed by atoms with Gasteiger partial charge in [0.25, 0.3) is 0 Å². The number of ether oxygens (including phenoxy) is 1. The van der Waals surface area contributed by atoms with Crippen LogP contribution >= 0.6 is 0 Å². The highest BCUT2D eigenvalue weighted by molar-refractivity contribution is 5.92. The number of aromatic hydroxyl groups is 1. The highest BCUT2D eigenvalue weighted by atomic mass is 16.5. The maximum Gasteiger partial charge on any atom is 0.342 e. The number of hydrogen-bond acceptors (Lipinski definition) is 4. The Bertz CT molecular complexity index is 689. The number of hydrogen-bond donors (Lipinski definition) is 2. The van der Waals surface area contributed by atoms with Crippen LogP contribution < -0.4 is 4.40 Å². The van der Waals surface area contributed by atoms with Gasteiger partial charge in [0.2, 0.25) is 5.75 Å². The maximum absolute atomic E-state index is 12.2. The van der Waals surface area contributed by atoms with Crippen molar-refractivity contribution < 1.29 is 19.0 Å². The molecule has 0 aliphatic carbocycles. The molecule has 21 heavy (non-hydrogen) atoms. The first-order valence-electron chi connectivity index (χ1n) is 6.94. The van der Waals surface area contributed by atoms with E-state index in [2.05, 4.69) is 4.98 Å². The van der Waals surface area contributed by atoms with Gasteiger partial charge in [-0.3, -0.25) is 0 Å². The Morgan fingerprint density at radius 3 is 2.67 bits per heavy atom. The van der Waals surface area contributed by atoms with E-state index >= 15 is 0 Å². The van der Waals surface area contributed by atoms with Gasteiger partial charge >= 0.3 is 11.6 Å². The second-order valence-corrected chi connectivity index (χ2v) is 5.38. The zero-order valence-electron chi connectivity index (χ0n) is 13.1. The standard InChI is InChI=1S/C15H21N3O3/c1-6-21-15(20)12-8-18-10(3)9(2)16-14(18)13(19)11(12)7-17(4)5/h8,19H,6-7H2,1-5H3/p+1. The molecule has 0 aliphatic rings. The summed E-state index contributed by atoms with van der Waals surface area (Å²) in [6.45, 7) is 6.37. The first kappa shape index (κ1) is 15.3. The van der Waals surface area contributed by atoms with Gasteiger partial charge in [-0.15, -0.1) is 0 Å². The molecule has 2 heterocycles. The average Bonchev–Trinajstić information content (AvgIpc) is 2.69. The summed E-state index contributed by atoms with van der Waals surface area (Å²) in [7, 11) is 3.77. The zero-order chi connectivity index (χ0) is 15.7. The van der Waals surface area contributed by atoms with E-state index in [1.54, 1.807) is 17.5 Å². The molecule has 2 aromatic rings. The first-order chi connectivity index (χ1) is 9.86. The topological polar surface area (TPSA) is 69.7 Å². The number of aryl methyl sites for hydroxylation is 2. The van der Waals surface area contributed by atoms with E-state index < -0.39 is 5.97 Å². The number of fused-ring (bicyclic) bond motifs is 1. The summed E-state index contributed by atoms with van der Waals surface area (Å²) in [4.78, 5) is 17.2. The van der Waals surface area contributed by atoms with Gasteiger partial charge in [0.05, 0.1) is 6.61 Å². The minimum Gasteiger partial charge on any atom is -0.501 e. The average molecular weight is 292 g/mol. The van der Waals surface area contributed by atoms with E-state index in [0.717, 1.165) is 11.4 Å². The lowest BCUT2D eigenvalue weighted by Crippen LogP contribution is -2.27. The Labute approximate surface area is 124 Å². The molecule has 0 aromatic carbocycles. The molecular formula is C15H22N3O3+. The Kier molecular flexibility index (Phi) is 4.18. The van der Waals surface area contributed by atoms with Crippen LogP contribution in [0.5, 0.6) is 5.75 Å². The fourth-order valence-corrected chi connectivity index (χ4v) is 2.35. The molecule has 0 bridgehead atoms. The molecule has 0 amide bonds. The molecule has 0 saturated heterocycles. The van der Waals surface area contributed by atoms with Gasteiger partial charge in [-0.1, -0.05) is 0 Å². The number of nitrogens with one attached hydrogen (secondary N) is 1. The van der Waals surface area contributed by atoms with Crippen LogP contribution in [0.4, 0.5) is 0 Å². The Balaban J connectivity index is 2.73. The molecule has 6 nitrogen and oxygen atoms in total. The van der Waals surface area contributed by atoms with Gasteiger partial charge in [0, 0.05) is 26.0 Å². The third-order valence-electron chi connectivity index (χ3n) is 3.51. The molecule has 6 heteroatoms. The third-order valence-corrected chi connectivity index (χ3v) is 3.51. The second-order valence-electron chi connectivity index (χ2n) is 5.38. The lowest BCUT2D eigenvalue weighted by atomic mass is 10.1. The molecule has 114 valence electrons. The van der Waals surface area contributed by atoms with Gasteiger partial charge in [0.1, 0.15) is 23.1 Å². The van der Waals surface area contributed by atoms with Crippen molar-refractivity contribution in [3.63, 3.8) is 0 Å². The highest BCUT2D eigenvalue weighted by Gasteiger charge is 2.26.